The molecule has 0 saturated carbocycles. The summed E-state index contributed by atoms with van der Waals surface area (Å²) < 4.78 is 0. The van der Waals surface area contributed by atoms with Crippen molar-refractivity contribution in [3.05, 3.63) is 0 Å². The Morgan fingerprint density at radius 2 is 2.40 bits per heavy atom. The number of nitrogens with one attached hydrogen (secondary N) is 1. The number of carboxylic acid groups (broad SMARTS) is 1. The lowest BCUT2D eigenvalue weighted by molar-refractivity contribution is -0.142. The number of carboxylic acids is 1. The molecule has 0 amide bonds. The van der Waals surface area contributed by atoms with Crippen LogP contribution in [0.4, 0.5) is 0 Å². The van der Waals surface area contributed by atoms with E-state index in [1.165, 1.54) is 0 Å². The third kappa shape index (κ3) is 3.71. The molecule has 5 heteroatoms. The van der Waals surface area contributed by atoms with Gasteiger partial charge in [0.15, 0.2) is 0 Å². The van der Waals surface area contributed by atoms with Gasteiger partial charge in [-0.2, -0.15) is 17.2 Å². The summed E-state index contributed by atoms with van der Waals surface area (Å²) in [6.07, 6.45) is 2.32. The molecule has 4 nitrogen and oxygen atoms in total. The third-order valence-electron chi connectivity index (χ3n) is 1.06. The normalized spacial score (nSPS) is 13.0. The summed E-state index contributed by atoms with van der Waals surface area (Å²) in [5, 5.41) is 16.7. The van der Waals surface area contributed by atoms with Crippen molar-refractivity contribution in [3.63, 3.8) is 0 Å². The number of hydroxylamine groups is 1. The number of hydrogen-bond donors (Lipinski definition) is 3. The van der Waals surface area contributed by atoms with Gasteiger partial charge in [-0.15, -0.1) is 0 Å². The van der Waals surface area contributed by atoms with Gasteiger partial charge < -0.3 is 10.3 Å². The van der Waals surface area contributed by atoms with Gasteiger partial charge in [0.1, 0.15) is 6.04 Å². The van der Waals surface area contributed by atoms with Gasteiger partial charge in [-0.1, -0.05) is 0 Å². The van der Waals surface area contributed by atoms with Gasteiger partial charge in [-0.3, -0.25) is 4.79 Å². The first-order valence-electron chi connectivity index (χ1n) is 2.83. The minimum absolute atomic E-state index is 0.438. The summed E-state index contributed by atoms with van der Waals surface area (Å²) in [5.74, 6) is -0.290. The Morgan fingerprint density at radius 3 is 2.70 bits per heavy atom. The van der Waals surface area contributed by atoms with E-state index in [1.807, 2.05) is 6.26 Å². The Bertz CT molecular complexity index is 109. The Hall–Kier alpha value is -0.260. The highest BCUT2D eigenvalue weighted by Crippen LogP contribution is 1.99. The Kier molecular flexibility index (Phi) is 5.38. The lowest BCUT2D eigenvalue weighted by Crippen LogP contribution is -2.34. The van der Waals surface area contributed by atoms with Crippen LogP contribution in [0.1, 0.15) is 6.42 Å². The first-order valence-corrected chi connectivity index (χ1v) is 4.23. The minimum atomic E-state index is -1.02. The molecule has 0 aliphatic carbocycles. The van der Waals surface area contributed by atoms with E-state index >= 15 is 0 Å². The molecule has 0 unspecified atom stereocenters. The fourth-order valence-electron chi connectivity index (χ4n) is 0.479. The van der Waals surface area contributed by atoms with Crippen molar-refractivity contribution in [1.29, 1.82) is 0 Å². The van der Waals surface area contributed by atoms with Crippen molar-refractivity contribution >= 4 is 17.7 Å². The lowest BCUT2D eigenvalue weighted by Gasteiger charge is -2.07. The van der Waals surface area contributed by atoms with E-state index in [-0.39, 0.29) is 0 Å². The molecule has 10 heavy (non-hydrogen) atoms. The summed E-state index contributed by atoms with van der Waals surface area (Å²) in [5.41, 5.74) is 1.72. The van der Waals surface area contributed by atoms with E-state index < -0.39 is 12.0 Å². The zero-order chi connectivity index (χ0) is 7.98. The molecule has 0 spiro atoms. The second-order valence-electron chi connectivity index (χ2n) is 1.80. The monoisotopic (exact) mass is 165 g/mol. The van der Waals surface area contributed by atoms with Crippen LogP contribution in [-0.4, -0.2) is 34.3 Å². The van der Waals surface area contributed by atoms with E-state index in [9.17, 15) is 4.79 Å². The maximum Gasteiger partial charge on any atom is 0.323 e. The lowest BCUT2D eigenvalue weighted by atomic mass is 10.2. The van der Waals surface area contributed by atoms with Crippen LogP contribution >= 0.6 is 11.8 Å². The van der Waals surface area contributed by atoms with Crippen molar-refractivity contribution in [3.8, 4) is 0 Å². The van der Waals surface area contributed by atoms with Crippen molar-refractivity contribution < 1.29 is 15.1 Å². The van der Waals surface area contributed by atoms with Crippen LogP contribution in [0.5, 0.6) is 0 Å². The van der Waals surface area contributed by atoms with Crippen LogP contribution < -0.4 is 5.48 Å². The van der Waals surface area contributed by atoms with Gasteiger partial charge in [0.25, 0.3) is 0 Å². The zero-order valence-corrected chi connectivity index (χ0v) is 6.52. The third-order valence-corrected chi connectivity index (χ3v) is 1.71. The number of aliphatic carboxylic acids is 1. The second-order valence-corrected chi connectivity index (χ2v) is 2.79. The molecule has 0 aromatic rings. The first-order chi connectivity index (χ1) is 4.72. The molecule has 0 aromatic carbocycles. The smallest absolute Gasteiger partial charge is 0.323 e. The quantitative estimate of drug-likeness (QED) is 0.507. The van der Waals surface area contributed by atoms with Gasteiger partial charge in [0, 0.05) is 0 Å². The molecular weight excluding hydrogens is 154 g/mol. The summed E-state index contributed by atoms with van der Waals surface area (Å²) >= 11 is 1.55. The standard InChI is InChI=1S/C5H11NO3S/c1-10-3-2-4(6-9)5(7)8/h4,6,9H,2-3H2,1H3,(H,7,8)/t4-/m0/s1. The number of rotatable bonds is 5. The van der Waals surface area contributed by atoms with Crippen LogP contribution in [0.25, 0.3) is 0 Å². The molecule has 0 heterocycles. The van der Waals surface area contributed by atoms with Gasteiger partial charge in [0.05, 0.1) is 0 Å². The van der Waals surface area contributed by atoms with Gasteiger partial charge in [-0.25, -0.2) is 0 Å². The van der Waals surface area contributed by atoms with Gasteiger partial charge in [-0.05, 0) is 18.4 Å². The van der Waals surface area contributed by atoms with Crippen molar-refractivity contribution in [2.75, 3.05) is 12.0 Å². The summed E-state index contributed by atoms with van der Waals surface area (Å²) in [6.45, 7) is 0. The highest BCUT2D eigenvalue weighted by molar-refractivity contribution is 7.98. The molecule has 0 bridgehead atoms. The Morgan fingerprint density at radius 1 is 1.80 bits per heavy atom. The van der Waals surface area contributed by atoms with Crippen LogP contribution in [0.15, 0.2) is 0 Å². The summed E-state index contributed by atoms with van der Waals surface area (Å²) in [6, 6.07) is -0.826. The summed E-state index contributed by atoms with van der Waals surface area (Å²) in [7, 11) is 0. The van der Waals surface area contributed by atoms with E-state index in [1.54, 1.807) is 17.2 Å². The molecule has 0 rings (SSSR count). The maximum atomic E-state index is 10.2. The molecular formula is C5H11NO3S. The van der Waals surface area contributed by atoms with Crippen molar-refractivity contribution in [1.82, 2.24) is 5.48 Å². The first kappa shape index (κ1) is 9.74. The van der Waals surface area contributed by atoms with Gasteiger partial charge in [0.2, 0.25) is 0 Å². The average Bonchev–Trinajstić information content (AvgIpc) is 1.89. The zero-order valence-electron chi connectivity index (χ0n) is 5.70. The van der Waals surface area contributed by atoms with Gasteiger partial charge >= 0.3 is 5.97 Å². The number of hydrogen-bond acceptors (Lipinski definition) is 4. The van der Waals surface area contributed by atoms with Crippen LogP contribution in [-0.2, 0) is 4.79 Å². The molecule has 1 atom stereocenters. The SMILES string of the molecule is CSCC[C@H](NO)C(=O)O. The number of thioether (sulfide) groups is 1. The molecule has 0 radical (unpaired) electrons. The predicted molar refractivity (Wildman–Crippen MR) is 39.3 cm³/mol. The minimum Gasteiger partial charge on any atom is -0.480 e. The predicted octanol–water partition coefficient (Wildman–Crippen LogP) is 0.172. The van der Waals surface area contributed by atoms with Crippen LogP contribution in [0, 0.1) is 0 Å². The Balaban J connectivity index is 3.50. The fourth-order valence-corrected chi connectivity index (χ4v) is 0.950. The largest absolute Gasteiger partial charge is 0.480 e. The molecule has 0 aliphatic rings. The molecule has 3 N–H and O–H groups in total. The van der Waals surface area contributed by atoms with Crippen LogP contribution in [0.2, 0.25) is 0 Å². The van der Waals surface area contributed by atoms with E-state index in [4.69, 9.17) is 10.3 Å². The fraction of sp³-hybridized carbons (Fsp3) is 0.800. The summed E-state index contributed by atoms with van der Waals surface area (Å²) in [4.78, 5) is 10.2. The molecule has 0 fully saturated rings. The van der Waals surface area contributed by atoms with Crippen molar-refractivity contribution in [2.24, 2.45) is 0 Å². The van der Waals surface area contributed by atoms with Crippen molar-refractivity contribution in [2.45, 2.75) is 12.5 Å². The maximum absolute atomic E-state index is 10.2. The molecule has 0 aliphatic heterocycles. The van der Waals surface area contributed by atoms with E-state index in [2.05, 4.69) is 0 Å². The molecule has 0 aromatic heterocycles. The highest BCUT2D eigenvalue weighted by Gasteiger charge is 2.14. The van der Waals surface area contributed by atoms with E-state index in [0.29, 0.717) is 6.42 Å². The second kappa shape index (κ2) is 5.52. The molecule has 0 saturated heterocycles. The van der Waals surface area contributed by atoms with E-state index in [0.717, 1.165) is 5.75 Å². The average molecular weight is 165 g/mol. The highest BCUT2D eigenvalue weighted by atomic mass is 32.2. The van der Waals surface area contributed by atoms with Crippen LogP contribution in [0.3, 0.4) is 0 Å². The number of carbonyl (C=O) groups is 1. The topological polar surface area (TPSA) is 69.6 Å². The Labute approximate surface area is 63.6 Å². The molecule has 60 valence electrons.